The molecule has 0 aromatic carbocycles. The van der Waals surface area contributed by atoms with Crippen molar-refractivity contribution in [3.8, 4) is 0 Å². The minimum absolute atomic E-state index is 0. The Balaban J connectivity index is 0. The molecule has 0 saturated carbocycles. The highest BCUT2D eigenvalue weighted by Crippen LogP contribution is 2.11. The third-order valence-corrected chi connectivity index (χ3v) is 3.30. The largest absolute Gasteiger partial charge is 0.466 e. The molecule has 0 aliphatic carbocycles. The summed E-state index contributed by atoms with van der Waals surface area (Å²) in [6, 6.07) is 0. The molecule has 112 valence electrons. The third kappa shape index (κ3) is 20.7. The van der Waals surface area contributed by atoms with Gasteiger partial charge >= 0.3 is 29.0 Å². The van der Waals surface area contributed by atoms with Crippen molar-refractivity contribution in [2.45, 2.75) is 90.9 Å². The highest BCUT2D eigenvalue weighted by molar-refractivity contribution is 5.75. The zero-order chi connectivity index (χ0) is 13.5. The molecule has 2 nitrogen and oxygen atoms in total. The molecule has 0 spiro atoms. The summed E-state index contributed by atoms with van der Waals surface area (Å²) in [6.45, 7) is 4.34. The minimum Gasteiger partial charge on any atom is -0.466 e. The molecule has 0 atom stereocenters. The number of unbranched alkanes of at least 4 members (excludes halogenated alkanes) is 11. The van der Waals surface area contributed by atoms with E-state index >= 15 is 0 Å². The summed E-state index contributed by atoms with van der Waals surface area (Å²) < 4.78 is 4.89. The van der Waals surface area contributed by atoms with Gasteiger partial charge in [-0.25, -0.2) is 0 Å². The molecule has 0 heterocycles. The molecule has 0 radical (unpaired) electrons. The lowest BCUT2D eigenvalue weighted by Crippen LogP contribution is -2.00. The lowest BCUT2D eigenvalue weighted by atomic mass is 10.1. The van der Waals surface area contributed by atoms with Crippen molar-refractivity contribution in [2.24, 2.45) is 0 Å². The first-order valence-electron chi connectivity index (χ1n) is 7.90. The third-order valence-electron chi connectivity index (χ3n) is 3.30. The van der Waals surface area contributed by atoms with Gasteiger partial charge in [-0.1, -0.05) is 77.6 Å². The number of carbonyl (C=O) groups excluding carboxylic acids is 1. The summed E-state index contributed by atoms with van der Waals surface area (Å²) in [6.07, 6.45) is 16.1. The molecule has 0 fully saturated rings. The van der Waals surface area contributed by atoms with Crippen LogP contribution in [0.15, 0.2) is 0 Å². The van der Waals surface area contributed by atoms with E-state index in [9.17, 15) is 4.79 Å². The van der Waals surface area contributed by atoms with Crippen LogP contribution in [-0.4, -0.2) is 35.6 Å². The second-order valence-corrected chi connectivity index (χ2v) is 5.23. The highest BCUT2D eigenvalue weighted by Gasteiger charge is 1.94. The van der Waals surface area contributed by atoms with E-state index in [4.69, 9.17) is 4.74 Å². The van der Waals surface area contributed by atoms with Crippen molar-refractivity contribution in [1.29, 1.82) is 0 Å². The van der Waals surface area contributed by atoms with Gasteiger partial charge in [-0.15, -0.1) is 0 Å². The molecule has 0 aromatic heterocycles. The Morgan fingerprint density at radius 3 is 1.47 bits per heavy atom. The first kappa shape index (κ1) is 21.5. The van der Waals surface area contributed by atoms with E-state index in [1.54, 1.807) is 0 Å². The molecule has 0 aliphatic rings. The van der Waals surface area contributed by atoms with Crippen LogP contribution in [0.4, 0.5) is 0 Å². The number of rotatable bonds is 13. The smallest absolute Gasteiger partial charge is 0.316 e. The molecule has 0 N–H and O–H groups in total. The summed E-state index contributed by atoms with van der Waals surface area (Å²) in [4.78, 5) is 10.5. The minimum atomic E-state index is -0.155. The van der Waals surface area contributed by atoms with E-state index in [1.165, 1.54) is 77.6 Å². The van der Waals surface area contributed by atoms with E-state index in [1.807, 2.05) is 0 Å². The molecule has 0 aliphatic heterocycles. The maximum Gasteiger partial charge on any atom is 0.316 e. The van der Waals surface area contributed by atoms with E-state index in [0.29, 0.717) is 6.61 Å². The Bertz CT molecular complexity index is 184. The Hall–Kier alpha value is 0.236. The van der Waals surface area contributed by atoms with Crippen molar-refractivity contribution in [3.63, 3.8) is 0 Å². The van der Waals surface area contributed by atoms with Crippen LogP contribution in [0.1, 0.15) is 90.9 Å². The summed E-state index contributed by atoms with van der Waals surface area (Å²) in [5.74, 6) is -0.155. The van der Waals surface area contributed by atoms with Gasteiger partial charge in [0.25, 0.3) is 0 Å². The summed E-state index contributed by atoms with van der Waals surface area (Å²) in [5, 5.41) is 0. The Morgan fingerprint density at radius 2 is 1.11 bits per heavy atom. The lowest BCUT2D eigenvalue weighted by Gasteiger charge is -2.03. The van der Waals surface area contributed by atoms with Crippen LogP contribution in [0.25, 0.3) is 0 Å². The van der Waals surface area contributed by atoms with Crippen LogP contribution in [0.5, 0.6) is 0 Å². The van der Waals surface area contributed by atoms with E-state index in [-0.39, 0.29) is 29.0 Å². The average Bonchev–Trinajstić information content (AvgIpc) is 2.34. The summed E-state index contributed by atoms with van der Waals surface area (Å²) in [7, 11) is 0. The van der Waals surface area contributed by atoms with Crippen molar-refractivity contribution < 1.29 is 9.53 Å². The van der Waals surface area contributed by atoms with E-state index in [2.05, 4.69) is 6.92 Å². The predicted molar refractivity (Wildman–Crippen MR) is 86.3 cm³/mol. The van der Waals surface area contributed by atoms with Crippen LogP contribution < -0.4 is 0 Å². The Kier molecular flexibility index (Phi) is 20.7. The topological polar surface area (TPSA) is 26.3 Å². The molecule has 0 amide bonds. The SMILES string of the molecule is CCCCCCCCCCCCCCOC(C)=O.[MgH2]. The number of hydrogen-bond donors (Lipinski definition) is 0. The lowest BCUT2D eigenvalue weighted by molar-refractivity contribution is -0.141. The fraction of sp³-hybridized carbons (Fsp3) is 0.938. The van der Waals surface area contributed by atoms with E-state index in [0.717, 1.165) is 6.42 Å². The molecule has 19 heavy (non-hydrogen) atoms. The number of esters is 1. The normalized spacial score (nSPS) is 10.0. The molecule has 0 bridgehead atoms. The fourth-order valence-electron chi connectivity index (χ4n) is 2.16. The van der Waals surface area contributed by atoms with Crippen molar-refractivity contribution in [2.75, 3.05) is 6.61 Å². The second-order valence-electron chi connectivity index (χ2n) is 5.23. The molecular weight excluding hydrogens is 248 g/mol. The van der Waals surface area contributed by atoms with Crippen molar-refractivity contribution in [1.82, 2.24) is 0 Å². The van der Waals surface area contributed by atoms with Gasteiger partial charge in [-0.05, 0) is 6.42 Å². The van der Waals surface area contributed by atoms with Crippen molar-refractivity contribution >= 4 is 29.0 Å². The van der Waals surface area contributed by atoms with Crippen LogP contribution in [-0.2, 0) is 9.53 Å². The predicted octanol–water partition coefficient (Wildman–Crippen LogP) is 4.33. The standard InChI is InChI=1S/C16H32O2.Mg.2H/c1-3-4-5-6-7-8-9-10-11-12-13-14-15-18-16(2)17;;;/h3-15H2,1-2H3;;;. The average molecular weight is 283 g/mol. The van der Waals surface area contributed by atoms with Gasteiger partial charge in [0.05, 0.1) is 6.61 Å². The number of ether oxygens (including phenoxy) is 1. The van der Waals surface area contributed by atoms with Gasteiger partial charge in [-0.2, -0.15) is 0 Å². The first-order chi connectivity index (χ1) is 8.77. The van der Waals surface area contributed by atoms with Crippen molar-refractivity contribution in [3.05, 3.63) is 0 Å². The zero-order valence-electron chi connectivity index (χ0n) is 12.5. The van der Waals surface area contributed by atoms with E-state index < -0.39 is 0 Å². The number of carbonyl (C=O) groups is 1. The highest BCUT2D eigenvalue weighted by atomic mass is 24.3. The molecule has 0 rings (SSSR count). The first-order valence-corrected chi connectivity index (χ1v) is 7.90. The molecule has 0 unspecified atom stereocenters. The van der Waals surface area contributed by atoms with Crippen LogP contribution >= 0.6 is 0 Å². The summed E-state index contributed by atoms with van der Waals surface area (Å²) in [5.41, 5.74) is 0. The molecule has 3 heteroatoms. The number of hydrogen-bond acceptors (Lipinski definition) is 2. The van der Waals surface area contributed by atoms with Gasteiger partial charge in [-0.3, -0.25) is 4.79 Å². The quantitative estimate of drug-likeness (QED) is 0.285. The van der Waals surface area contributed by atoms with Crippen LogP contribution in [0.3, 0.4) is 0 Å². The fourth-order valence-corrected chi connectivity index (χ4v) is 2.16. The van der Waals surface area contributed by atoms with Gasteiger partial charge in [0.15, 0.2) is 0 Å². The maximum atomic E-state index is 10.5. The van der Waals surface area contributed by atoms with Crippen LogP contribution in [0, 0.1) is 0 Å². The maximum absolute atomic E-state index is 10.5. The van der Waals surface area contributed by atoms with Crippen LogP contribution in [0.2, 0.25) is 0 Å². The summed E-state index contributed by atoms with van der Waals surface area (Å²) >= 11 is 0. The molecular formula is C16H34MgO2. The van der Waals surface area contributed by atoms with Gasteiger partial charge < -0.3 is 4.74 Å². The van der Waals surface area contributed by atoms with Gasteiger partial charge in [0.2, 0.25) is 0 Å². The Labute approximate surface area is 136 Å². The molecule has 0 aromatic rings. The monoisotopic (exact) mass is 282 g/mol. The molecule has 0 saturated heterocycles. The second kappa shape index (κ2) is 18.2. The zero-order valence-corrected chi connectivity index (χ0v) is 12.5. The Morgan fingerprint density at radius 1 is 0.737 bits per heavy atom. The van der Waals surface area contributed by atoms with Gasteiger partial charge in [0, 0.05) is 6.92 Å². The van der Waals surface area contributed by atoms with Gasteiger partial charge in [0.1, 0.15) is 0 Å².